The molecule has 0 bridgehead atoms. The first-order valence-corrected chi connectivity index (χ1v) is 7.23. The van der Waals surface area contributed by atoms with E-state index in [0.29, 0.717) is 17.2 Å². The lowest BCUT2D eigenvalue weighted by molar-refractivity contribution is -0.145. The average Bonchev–Trinajstić information content (AvgIpc) is 2.96. The van der Waals surface area contributed by atoms with E-state index in [9.17, 15) is 9.59 Å². The summed E-state index contributed by atoms with van der Waals surface area (Å²) >= 11 is 2.74. The van der Waals surface area contributed by atoms with Crippen LogP contribution in [0.25, 0.3) is 9.40 Å². The summed E-state index contributed by atoms with van der Waals surface area (Å²) in [6, 6.07) is 1.90. The molecule has 2 aromatic rings. The van der Waals surface area contributed by atoms with E-state index in [-0.39, 0.29) is 6.61 Å². The molecule has 102 valence electrons. The van der Waals surface area contributed by atoms with E-state index in [1.165, 1.54) is 29.8 Å². The Morgan fingerprint density at radius 3 is 2.84 bits per heavy atom. The fourth-order valence-electron chi connectivity index (χ4n) is 1.49. The SMILES string of the molecule is CCOC(=O)COc1c(C(=O)OC)sc2ccsc12. The molecule has 2 aromatic heterocycles. The molecule has 0 saturated carbocycles. The minimum atomic E-state index is -0.466. The van der Waals surface area contributed by atoms with E-state index >= 15 is 0 Å². The van der Waals surface area contributed by atoms with Crippen LogP contribution in [0.15, 0.2) is 11.4 Å². The Labute approximate surface area is 117 Å². The van der Waals surface area contributed by atoms with Crippen LogP contribution in [0.5, 0.6) is 5.75 Å². The Hall–Kier alpha value is -1.60. The molecule has 0 N–H and O–H groups in total. The van der Waals surface area contributed by atoms with Gasteiger partial charge in [-0.2, -0.15) is 0 Å². The zero-order valence-electron chi connectivity index (χ0n) is 10.4. The number of hydrogen-bond donors (Lipinski definition) is 0. The molecule has 0 fully saturated rings. The zero-order valence-corrected chi connectivity index (χ0v) is 12.1. The summed E-state index contributed by atoms with van der Waals surface area (Å²) in [4.78, 5) is 23.3. The third-order valence-electron chi connectivity index (χ3n) is 2.26. The molecule has 0 radical (unpaired) electrons. The molecule has 0 spiro atoms. The fraction of sp³-hybridized carbons (Fsp3) is 0.333. The standard InChI is InChI=1S/C12H12O5S2/c1-3-16-8(13)6-17-9-10-7(4-5-18-10)19-11(9)12(14)15-2/h4-5H,3,6H2,1-2H3. The van der Waals surface area contributed by atoms with E-state index in [4.69, 9.17) is 14.2 Å². The van der Waals surface area contributed by atoms with Crippen LogP contribution in [-0.4, -0.2) is 32.3 Å². The molecule has 0 aliphatic carbocycles. The predicted octanol–water partition coefficient (Wildman–Crippen LogP) is 2.69. The number of carbonyl (C=O) groups is 2. The third kappa shape index (κ3) is 2.87. The van der Waals surface area contributed by atoms with Crippen molar-refractivity contribution in [1.82, 2.24) is 0 Å². The van der Waals surface area contributed by atoms with E-state index < -0.39 is 11.9 Å². The highest BCUT2D eigenvalue weighted by molar-refractivity contribution is 7.28. The van der Waals surface area contributed by atoms with Crippen LogP contribution in [0.3, 0.4) is 0 Å². The largest absolute Gasteiger partial charge is 0.479 e. The number of ether oxygens (including phenoxy) is 3. The minimum absolute atomic E-state index is 0.221. The van der Waals surface area contributed by atoms with Crippen LogP contribution in [0.1, 0.15) is 16.6 Å². The molecule has 0 aromatic carbocycles. The quantitative estimate of drug-likeness (QED) is 0.794. The minimum Gasteiger partial charge on any atom is -0.479 e. The summed E-state index contributed by atoms with van der Waals surface area (Å²) in [5, 5.41) is 1.90. The topological polar surface area (TPSA) is 61.8 Å². The molecule has 2 heterocycles. The summed E-state index contributed by atoms with van der Waals surface area (Å²) in [5.41, 5.74) is 0. The van der Waals surface area contributed by atoms with E-state index in [1.54, 1.807) is 6.92 Å². The summed E-state index contributed by atoms with van der Waals surface area (Å²) in [6.07, 6.45) is 0. The number of thiophene rings is 2. The van der Waals surface area contributed by atoms with Gasteiger partial charge >= 0.3 is 11.9 Å². The molecular formula is C12H12O5S2. The van der Waals surface area contributed by atoms with Gasteiger partial charge in [-0.25, -0.2) is 9.59 Å². The van der Waals surface area contributed by atoms with Crippen molar-refractivity contribution in [3.63, 3.8) is 0 Å². The van der Waals surface area contributed by atoms with Crippen LogP contribution >= 0.6 is 22.7 Å². The maximum Gasteiger partial charge on any atom is 0.351 e. The molecule has 0 aliphatic heterocycles. The third-order valence-corrected chi connectivity index (χ3v) is 4.42. The Kier molecular flexibility index (Phi) is 4.39. The smallest absolute Gasteiger partial charge is 0.351 e. The molecule has 0 unspecified atom stereocenters. The van der Waals surface area contributed by atoms with Crippen molar-refractivity contribution < 1.29 is 23.8 Å². The zero-order chi connectivity index (χ0) is 13.8. The normalized spacial score (nSPS) is 10.4. The molecule has 19 heavy (non-hydrogen) atoms. The highest BCUT2D eigenvalue weighted by Gasteiger charge is 2.22. The molecule has 7 heteroatoms. The van der Waals surface area contributed by atoms with Crippen molar-refractivity contribution in [2.24, 2.45) is 0 Å². The Morgan fingerprint density at radius 1 is 1.37 bits per heavy atom. The van der Waals surface area contributed by atoms with Crippen molar-refractivity contribution >= 4 is 44.0 Å². The Bertz CT molecular complexity index is 598. The first-order chi connectivity index (χ1) is 9.17. The van der Waals surface area contributed by atoms with Crippen LogP contribution in [0.4, 0.5) is 0 Å². The number of fused-ring (bicyclic) bond motifs is 1. The predicted molar refractivity (Wildman–Crippen MR) is 73.2 cm³/mol. The monoisotopic (exact) mass is 300 g/mol. The molecule has 0 atom stereocenters. The van der Waals surface area contributed by atoms with Gasteiger partial charge < -0.3 is 14.2 Å². The second-order valence-corrected chi connectivity index (χ2v) is 5.43. The van der Waals surface area contributed by atoms with Gasteiger partial charge in [0, 0.05) is 4.70 Å². The number of rotatable bonds is 5. The lowest BCUT2D eigenvalue weighted by Gasteiger charge is -2.06. The molecule has 2 rings (SSSR count). The maximum absolute atomic E-state index is 11.7. The highest BCUT2D eigenvalue weighted by Crippen LogP contribution is 2.41. The van der Waals surface area contributed by atoms with E-state index in [2.05, 4.69) is 0 Å². The lowest BCUT2D eigenvalue weighted by Crippen LogP contribution is -2.15. The van der Waals surface area contributed by atoms with Crippen molar-refractivity contribution in [3.8, 4) is 5.75 Å². The maximum atomic E-state index is 11.7. The van der Waals surface area contributed by atoms with Crippen molar-refractivity contribution in [2.45, 2.75) is 6.92 Å². The van der Waals surface area contributed by atoms with Gasteiger partial charge in [0.15, 0.2) is 17.2 Å². The molecular weight excluding hydrogens is 288 g/mol. The Morgan fingerprint density at radius 2 is 2.16 bits per heavy atom. The van der Waals surface area contributed by atoms with Crippen LogP contribution < -0.4 is 4.74 Å². The van der Waals surface area contributed by atoms with Crippen LogP contribution in [0.2, 0.25) is 0 Å². The first kappa shape index (κ1) is 13.8. The highest BCUT2D eigenvalue weighted by atomic mass is 32.1. The molecule has 0 amide bonds. The van der Waals surface area contributed by atoms with Gasteiger partial charge in [-0.3, -0.25) is 0 Å². The summed E-state index contributed by atoms with van der Waals surface area (Å²) in [6.45, 7) is 1.80. The van der Waals surface area contributed by atoms with Gasteiger partial charge in [-0.1, -0.05) is 0 Å². The molecule has 5 nitrogen and oxygen atoms in total. The molecule has 0 aliphatic rings. The van der Waals surface area contributed by atoms with Crippen LogP contribution in [0, 0.1) is 0 Å². The summed E-state index contributed by atoms with van der Waals surface area (Å²) in [7, 11) is 1.31. The van der Waals surface area contributed by atoms with Crippen molar-refractivity contribution in [2.75, 3.05) is 20.3 Å². The summed E-state index contributed by atoms with van der Waals surface area (Å²) in [5.74, 6) is -0.531. The lowest BCUT2D eigenvalue weighted by atomic mass is 10.4. The first-order valence-electron chi connectivity index (χ1n) is 5.54. The second-order valence-electron chi connectivity index (χ2n) is 3.46. The Balaban J connectivity index is 2.25. The van der Waals surface area contributed by atoms with Gasteiger partial charge in [0.2, 0.25) is 0 Å². The van der Waals surface area contributed by atoms with Crippen molar-refractivity contribution in [3.05, 3.63) is 16.3 Å². The van der Waals surface area contributed by atoms with Gasteiger partial charge in [0.05, 0.1) is 18.4 Å². The fourth-order valence-corrected chi connectivity index (χ4v) is 3.67. The van der Waals surface area contributed by atoms with Crippen molar-refractivity contribution in [1.29, 1.82) is 0 Å². The van der Waals surface area contributed by atoms with Gasteiger partial charge in [-0.05, 0) is 18.4 Å². The van der Waals surface area contributed by atoms with E-state index in [0.717, 1.165) is 9.40 Å². The second kappa shape index (κ2) is 6.03. The molecule has 0 saturated heterocycles. The number of hydrogen-bond acceptors (Lipinski definition) is 7. The number of esters is 2. The van der Waals surface area contributed by atoms with Gasteiger partial charge in [0.25, 0.3) is 0 Å². The van der Waals surface area contributed by atoms with Crippen LogP contribution in [-0.2, 0) is 14.3 Å². The average molecular weight is 300 g/mol. The van der Waals surface area contributed by atoms with Gasteiger partial charge in [-0.15, -0.1) is 22.7 Å². The van der Waals surface area contributed by atoms with Gasteiger partial charge in [0.1, 0.15) is 0 Å². The number of carbonyl (C=O) groups excluding carboxylic acids is 2. The summed E-state index contributed by atoms with van der Waals surface area (Å²) < 4.78 is 16.7. The van der Waals surface area contributed by atoms with E-state index in [1.807, 2.05) is 11.4 Å². The number of methoxy groups -OCH3 is 1.